The van der Waals surface area contributed by atoms with Crippen molar-refractivity contribution < 1.29 is 57.6 Å². The third-order valence-electron chi connectivity index (χ3n) is 5.90. The lowest BCUT2D eigenvalue weighted by atomic mass is 9.94. The Balaban J connectivity index is 2.06. The predicted octanol–water partition coefficient (Wildman–Crippen LogP) is 8.26. The van der Waals surface area contributed by atoms with Gasteiger partial charge in [-0.2, -0.15) is 0 Å². The van der Waals surface area contributed by atoms with Crippen molar-refractivity contribution >= 4 is 105 Å². The Bertz CT molecular complexity index is 1830. The van der Waals surface area contributed by atoms with Gasteiger partial charge in [0.05, 0.1) is 42.8 Å². The van der Waals surface area contributed by atoms with Gasteiger partial charge in [0.25, 0.3) is 0 Å². The van der Waals surface area contributed by atoms with Crippen LogP contribution < -0.4 is 18.9 Å². The van der Waals surface area contributed by atoms with Gasteiger partial charge in [0.15, 0.2) is 23.0 Å². The molecule has 0 saturated heterocycles. The minimum absolute atomic E-state index is 0.152. The van der Waals surface area contributed by atoms with Crippen LogP contribution in [0.4, 0.5) is 0 Å². The molecule has 0 aliphatic carbocycles. The Hall–Kier alpha value is -3.78. The third-order valence-corrected chi connectivity index (χ3v) is 7.74. The van der Waals surface area contributed by atoms with Crippen molar-refractivity contribution in [2.75, 3.05) is 6.61 Å². The second kappa shape index (κ2) is 16.1. The molecule has 0 aliphatic rings. The number of carbonyl (C=O) groups excluding carboxylic acids is 5. The molecular formula is C30H20Cl6O12. The molecule has 0 saturated carbocycles. The maximum absolute atomic E-state index is 13.2. The smallest absolute Gasteiger partial charge is 0.343 e. The van der Waals surface area contributed by atoms with E-state index in [-0.39, 0.29) is 48.3 Å². The van der Waals surface area contributed by atoms with Crippen LogP contribution in [0.5, 0.6) is 23.0 Å². The molecule has 254 valence electrons. The Labute approximate surface area is 301 Å². The van der Waals surface area contributed by atoms with E-state index in [1.54, 1.807) is 0 Å². The quantitative estimate of drug-likeness (QED) is 0.155. The number of rotatable bonds is 10. The summed E-state index contributed by atoms with van der Waals surface area (Å²) < 4.78 is 25.7. The zero-order chi connectivity index (χ0) is 36.2. The van der Waals surface area contributed by atoms with Crippen LogP contribution in [-0.2, 0) is 19.1 Å². The van der Waals surface area contributed by atoms with Crippen LogP contribution in [0.2, 0.25) is 30.1 Å². The van der Waals surface area contributed by atoms with Crippen LogP contribution in [0.3, 0.4) is 0 Å². The molecular weight excluding hydrogens is 765 g/mol. The van der Waals surface area contributed by atoms with E-state index in [1.165, 1.54) is 6.92 Å². The molecule has 0 aromatic heterocycles. The molecule has 3 rings (SSSR count). The summed E-state index contributed by atoms with van der Waals surface area (Å²) in [6, 6.07) is 4.33. The van der Waals surface area contributed by atoms with E-state index in [4.69, 9.17) is 93.3 Å². The number of carbonyl (C=O) groups is 6. The number of halogens is 6. The summed E-state index contributed by atoms with van der Waals surface area (Å²) in [6.07, 6.45) is 0. The van der Waals surface area contributed by atoms with Crippen LogP contribution in [0.1, 0.15) is 70.3 Å². The van der Waals surface area contributed by atoms with E-state index in [1.807, 2.05) is 0 Å². The van der Waals surface area contributed by atoms with Crippen molar-refractivity contribution in [1.29, 1.82) is 0 Å². The maximum atomic E-state index is 13.2. The molecule has 1 N–H and O–H groups in total. The molecule has 3 aromatic carbocycles. The number of aromatic carboxylic acids is 1. The zero-order valence-corrected chi connectivity index (χ0v) is 29.3. The van der Waals surface area contributed by atoms with Gasteiger partial charge in [-0.3, -0.25) is 14.4 Å². The summed E-state index contributed by atoms with van der Waals surface area (Å²) in [7, 11) is 0. The third kappa shape index (κ3) is 9.01. The van der Waals surface area contributed by atoms with E-state index in [2.05, 4.69) is 0 Å². The van der Waals surface area contributed by atoms with E-state index < -0.39 is 75.4 Å². The molecule has 48 heavy (non-hydrogen) atoms. The number of ether oxygens (including phenoxy) is 5. The lowest BCUT2D eigenvalue weighted by Crippen LogP contribution is -2.19. The SMILES string of the molecule is CC(=O)Oc1c(Cl)cc(C(=O)OCC(C)c2c(Cl)c(OC(C)=O)c(Cl)c(OC(=O)c3cc(Cl)c(OC(C)=O)c(Cl)c3)c2C(=O)O)cc1Cl. The van der Waals surface area contributed by atoms with Crippen LogP contribution in [0, 0.1) is 0 Å². The summed E-state index contributed by atoms with van der Waals surface area (Å²) in [6.45, 7) is 4.08. The summed E-state index contributed by atoms with van der Waals surface area (Å²) in [5.74, 6) is -9.14. The van der Waals surface area contributed by atoms with Crippen LogP contribution in [0.15, 0.2) is 24.3 Å². The molecule has 0 aliphatic heterocycles. The molecule has 18 heteroatoms. The van der Waals surface area contributed by atoms with E-state index in [0.29, 0.717) is 0 Å². The van der Waals surface area contributed by atoms with Gasteiger partial charge in [0.1, 0.15) is 10.6 Å². The topological polar surface area (TPSA) is 169 Å². The summed E-state index contributed by atoms with van der Waals surface area (Å²) >= 11 is 37.3. The first-order valence-electron chi connectivity index (χ1n) is 13.0. The van der Waals surface area contributed by atoms with Crippen LogP contribution in [0.25, 0.3) is 0 Å². The summed E-state index contributed by atoms with van der Waals surface area (Å²) in [5, 5.41) is 8.23. The molecule has 12 nitrogen and oxygen atoms in total. The Kier molecular flexibility index (Phi) is 13.0. The lowest BCUT2D eigenvalue weighted by molar-refractivity contribution is -0.132. The molecule has 0 fully saturated rings. The van der Waals surface area contributed by atoms with Crippen molar-refractivity contribution in [1.82, 2.24) is 0 Å². The minimum Gasteiger partial charge on any atom is -0.478 e. The monoisotopic (exact) mass is 782 g/mol. The highest BCUT2D eigenvalue weighted by Gasteiger charge is 2.34. The maximum Gasteiger partial charge on any atom is 0.343 e. The lowest BCUT2D eigenvalue weighted by Gasteiger charge is -2.22. The molecule has 3 aromatic rings. The van der Waals surface area contributed by atoms with Gasteiger partial charge < -0.3 is 28.8 Å². The van der Waals surface area contributed by atoms with E-state index in [0.717, 1.165) is 45.0 Å². The Morgan fingerprint density at radius 3 is 1.40 bits per heavy atom. The number of carboxylic acids is 1. The zero-order valence-electron chi connectivity index (χ0n) is 24.8. The molecule has 0 heterocycles. The van der Waals surface area contributed by atoms with Crippen molar-refractivity contribution in [3.63, 3.8) is 0 Å². The molecule has 0 spiro atoms. The highest BCUT2D eigenvalue weighted by molar-refractivity contribution is 6.40. The van der Waals surface area contributed by atoms with Gasteiger partial charge >= 0.3 is 35.8 Å². The molecule has 0 amide bonds. The van der Waals surface area contributed by atoms with Gasteiger partial charge in [-0.25, -0.2) is 14.4 Å². The number of benzene rings is 3. The number of hydrogen-bond donors (Lipinski definition) is 1. The number of carboxylic acid groups (broad SMARTS) is 1. The van der Waals surface area contributed by atoms with Crippen LogP contribution >= 0.6 is 69.6 Å². The van der Waals surface area contributed by atoms with E-state index in [9.17, 15) is 33.9 Å². The molecule has 0 bridgehead atoms. The van der Waals surface area contributed by atoms with Gasteiger partial charge in [-0.05, 0) is 29.8 Å². The second-order valence-corrected chi connectivity index (χ2v) is 12.0. The number of esters is 5. The largest absolute Gasteiger partial charge is 0.478 e. The first-order valence-corrected chi connectivity index (χ1v) is 15.3. The number of hydrogen-bond acceptors (Lipinski definition) is 11. The van der Waals surface area contributed by atoms with E-state index >= 15 is 0 Å². The Morgan fingerprint density at radius 2 is 1.00 bits per heavy atom. The average molecular weight is 785 g/mol. The molecule has 0 radical (unpaired) electrons. The fraction of sp³-hybridized carbons (Fsp3) is 0.200. The van der Waals surface area contributed by atoms with Gasteiger partial charge in [-0.15, -0.1) is 0 Å². The normalized spacial score (nSPS) is 11.3. The van der Waals surface area contributed by atoms with Crippen molar-refractivity contribution in [3.05, 3.63) is 76.7 Å². The highest BCUT2D eigenvalue weighted by Crippen LogP contribution is 2.49. The Morgan fingerprint density at radius 1 is 0.604 bits per heavy atom. The molecule has 1 unspecified atom stereocenters. The summed E-state index contributed by atoms with van der Waals surface area (Å²) in [4.78, 5) is 73.3. The fourth-order valence-electron chi connectivity index (χ4n) is 4.02. The second-order valence-electron chi connectivity index (χ2n) is 9.59. The summed E-state index contributed by atoms with van der Waals surface area (Å²) in [5.41, 5.74) is -1.52. The first kappa shape index (κ1) is 38.7. The highest BCUT2D eigenvalue weighted by atomic mass is 35.5. The van der Waals surface area contributed by atoms with Crippen molar-refractivity contribution in [3.8, 4) is 23.0 Å². The molecule has 1 atom stereocenters. The van der Waals surface area contributed by atoms with Gasteiger partial charge in [0.2, 0.25) is 0 Å². The van der Waals surface area contributed by atoms with Gasteiger partial charge in [-0.1, -0.05) is 76.5 Å². The predicted molar refractivity (Wildman–Crippen MR) is 174 cm³/mol. The average Bonchev–Trinajstić information content (AvgIpc) is 2.97. The van der Waals surface area contributed by atoms with Crippen LogP contribution in [-0.4, -0.2) is 47.5 Å². The first-order chi connectivity index (χ1) is 22.3. The minimum atomic E-state index is -1.69. The van der Waals surface area contributed by atoms with Crippen molar-refractivity contribution in [2.45, 2.75) is 33.6 Å². The van der Waals surface area contributed by atoms with Crippen molar-refractivity contribution in [2.24, 2.45) is 0 Å². The fourth-order valence-corrected chi connectivity index (χ4v) is 5.88. The van der Waals surface area contributed by atoms with Gasteiger partial charge in [0, 0.05) is 26.7 Å². The standard InChI is InChI=1S/C30H20Cl6O12/c1-10(9-44-29(42)14-5-16(31)24(17(32)6-14)45-11(2)37)20-21(28(40)41)26(23(36)27(22(20)35)47-13(4)39)48-30(43)15-7-18(33)25(19(34)8-15)46-12(3)38/h5-8,10H,9H2,1-4H3,(H,40,41).